The predicted octanol–water partition coefficient (Wildman–Crippen LogP) is 1.89. The van der Waals surface area contributed by atoms with Crippen LogP contribution >= 0.6 is 15.9 Å². The zero-order valence-electron chi connectivity index (χ0n) is 11.3. The molecule has 0 aliphatic heterocycles. The molecule has 1 heterocycles. The monoisotopic (exact) mass is 386 g/mol. The summed E-state index contributed by atoms with van der Waals surface area (Å²) in [5.41, 5.74) is 4.93. The first-order valence-electron chi connectivity index (χ1n) is 6.06. The van der Waals surface area contributed by atoms with Crippen LogP contribution in [0.15, 0.2) is 29.0 Å². The van der Waals surface area contributed by atoms with Gasteiger partial charge in [-0.25, -0.2) is 23.5 Å². The second-order valence-corrected chi connectivity index (χ2v) is 5.01. The van der Waals surface area contributed by atoms with Gasteiger partial charge in [0.05, 0.1) is 5.69 Å². The maximum Gasteiger partial charge on any atom is 0.361 e. The number of amides is 1. The fraction of sp³-hybridized carbons (Fsp3) is 0.0769. The first-order valence-corrected chi connectivity index (χ1v) is 6.85. The number of hydrogen-bond donors (Lipinski definition) is 2. The maximum atomic E-state index is 13.6. The highest BCUT2D eigenvalue weighted by molar-refractivity contribution is 9.10. The average molecular weight is 387 g/mol. The molecule has 0 fully saturated rings. The number of ether oxygens (including phenoxy) is 1. The van der Waals surface area contributed by atoms with E-state index in [1.54, 1.807) is 0 Å². The van der Waals surface area contributed by atoms with Crippen molar-refractivity contribution in [1.82, 2.24) is 9.97 Å². The maximum absolute atomic E-state index is 13.6. The number of halogens is 3. The van der Waals surface area contributed by atoms with Crippen molar-refractivity contribution in [3.8, 4) is 0 Å². The van der Waals surface area contributed by atoms with E-state index in [0.717, 1.165) is 6.07 Å². The van der Waals surface area contributed by atoms with Gasteiger partial charge >= 0.3 is 5.97 Å². The number of anilines is 2. The van der Waals surface area contributed by atoms with Gasteiger partial charge in [-0.3, -0.25) is 4.79 Å². The summed E-state index contributed by atoms with van der Waals surface area (Å²) in [5, 5.41) is 2.16. The molecule has 23 heavy (non-hydrogen) atoms. The second-order valence-electron chi connectivity index (χ2n) is 4.16. The van der Waals surface area contributed by atoms with E-state index in [0.29, 0.717) is 6.07 Å². The number of hydrogen-bond acceptors (Lipinski definition) is 6. The van der Waals surface area contributed by atoms with Crippen molar-refractivity contribution in [2.45, 2.75) is 0 Å². The second kappa shape index (κ2) is 7.09. The van der Waals surface area contributed by atoms with E-state index < -0.39 is 30.1 Å². The number of esters is 1. The lowest BCUT2D eigenvalue weighted by Crippen LogP contribution is -2.22. The van der Waals surface area contributed by atoms with Gasteiger partial charge in [0, 0.05) is 22.9 Å². The van der Waals surface area contributed by atoms with Crippen molar-refractivity contribution in [3.05, 3.63) is 46.3 Å². The topological polar surface area (TPSA) is 107 Å². The fourth-order valence-corrected chi connectivity index (χ4v) is 2.05. The van der Waals surface area contributed by atoms with Crippen molar-refractivity contribution in [2.24, 2.45) is 0 Å². The summed E-state index contributed by atoms with van der Waals surface area (Å²) in [6.07, 6.45) is 2.52. The molecule has 0 spiro atoms. The molecule has 0 atom stereocenters. The molecule has 0 unspecified atom stereocenters. The minimum absolute atomic E-state index is 0.00727. The number of nitrogens with zero attached hydrogens (tertiary/aromatic N) is 2. The van der Waals surface area contributed by atoms with Crippen LogP contribution in [0.1, 0.15) is 10.5 Å². The van der Waals surface area contributed by atoms with Crippen molar-refractivity contribution >= 4 is 39.3 Å². The summed E-state index contributed by atoms with van der Waals surface area (Å²) in [7, 11) is 0. The normalized spacial score (nSPS) is 10.2. The Bertz CT molecular complexity index is 750. The molecule has 1 aromatic heterocycles. The van der Waals surface area contributed by atoms with E-state index in [2.05, 4.69) is 31.2 Å². The van der Waals surface area contributed by atoms with Gasteiger partial charge in [0.15, 0.2) is 23.9 Å². The lowest BCUT2D eigenvalue weighted by atomic mass is 10.3. The molecule has 0 radical (unpaired) electrons. The van der Waals surface area contributed by atoms with Crippen LogP contribution < -0.4 is 11.1 Å². The summed E-state index contributed by atoms with van der Waals surface area (Å²) in [6.45, 7) is -0.710. The molecule has 0 aliphatic carbocycles. The third-order valence-electron chi connectivity index (χ3n) is 2.53. The number of rotatable bonds is 4. The number of nitrogens with two attached hydrogens (primary N) is 1. The Kier molecular flexibility index (Phi) is 5.16. The minimum Gasteiger partial charge on any atom is -0.451 e. The molecule has 0 bridgehead atoms. The molecular weight excluding hydrogens is 378 g/mol. The predicted molar refractivity (Wildman–Crippen MR) is 79.4 cm³/mol. The largest absolute Gasteiger partial charge is 0.451 e. The van der Waals surface area contributed by atoms with Crippen LogP contribution in [0.3, 0.4) is 0 Å². The fourth-order valence-electron chi connectivity index (χ4n) is 1.54. The molecule has 0 saturated carbocycles. The van der Waals surface area contributed by atoms with E-state index in [-0.39, 0.29) is 21.7 Å². The lowest BCUT2D eigenvalue weighted by Gasteiger charge is -2.09. The van der Waals surface area contributed by atoms with Crippen LogP contribution in [-0.2, 0) is 9.53 Å². The smallest absolute Gasteiger partial charge is 0.361 e. The van der Waals surface area contributed by atoms with Crippen LogP contribution in [-0.4, -0.2) is 28.5 Å². The standard InChI is InChI=1S/C13H9BrF2N4O3/c14-7-3-6(15)4-8(16)10(7)20-9(21)5-23-13(22)11-12(17)19-2-1-18-11/h1-4H,5H2,(H2,17,19)(H,20,21). The third kappa shape index (κ3) is 4.19. The van der Waals surface area contributed by atoms with Crippen molar-refractivity contribution in [3.63, 3.8) is 0 Å². The molecule has 0 saturated heterocycles. The Hall–Kier alpha value is -2.62. The molecule has 3 N–H and O–H groups in total. The van der Waals surface area contributed by atoms with Crippen LogP contribution in [0, 0.1) is 11.6 Å². The van der Waals surface area contributed by atoms with Crippen molar-refractivity contribution in [1.29, 1.82) is 0 Å². The molecule has 120 valence electrons. The average Bonchev–Trinajstić information content (AvgIpc) is 2.49. The molecule has 1 aromatic carbocycles. The van der Waals surface area contributed by atoms with Crippen LogP contribution in [0.5, 0.6) is 0 Å². The van der Waals surface area contributed by atoms with E-state index >= 15 is 0 Å². The Morgan fingerprint density at radius 2 is 1.96 bits per heavy atom. The highest BCUT2D eigenvalue weighted by Gasteiger charge is 2.17. The zero-order valence-corrected chi connectivity index (χ0v) is 12.9. The van der Waals surface area contributed by atoms with Gasteiger partial charge < -0.3 is 15.8 Å². The van der Waals surface area contributed by atoms with Gasteiger partial charge in [-0.05, 0) is 22.0 Å². The number of carbonyl (C=O) groups is 2. The summed E-state index contributed by atoms with van der Waals surface area (Å²) >= 11 is 2.92. The summed E-state index contributed by atoms with van der Waals surface area (Å²) in [6, 6.07) is 1.58. The van der Waals surface area contributed by atoms with Gasteiger partial charge in [-0.2, -0.15) is 0 Å². The van der Waals surface area contributed by atoms with Gasteiger partial charge in [0.25, 0.3) is 5.91 Å². The first kappa shape index (κ1) is 16.7. The van der Waals surface area contributed by atoms with E-state index in [9.17, 15) is 18.4 Å². The number of aromatic nitrogens is 2. The summed E-state index contributed by atoms with van der Waals surface area (Å²) in [5.74, 6) is -3.71. The highest BCUT2D eigenvalue weighted by Crippen LogP contribution is 2.26. The first-order chi connectivity index (χ1) is 10.9. The van der Waals surface area contributed by atoms with Gasteiger partial charge in [0.1, 0.15) is 5.82 Å². The van der Waals surface area contributed by atoms with E-state index in [1.807, 2.05) is 0 Å². The third-order valence-corrected chi connectivity index (χ3v) is 3.15. The zero-order chi connectivity index (χ0) is 17.0. The highest BCUT2D eigenvalue weighted by atomic mass is 79.9. The van der Waals surface area contributed by atoms with E-state index in [1.165, 1.54) is 12.4 Å². The number of nitrogens with one attached hydrogen (secondary N) is 1. The minimum atomic E-state index is -0.977. The Balaban J connectivity index is 1.99. The van der Waals surface area contributed by atoms with Crippen LogP contribution in [0.2, 0.25) is 0 Å². The van der Waals surface area contributed by atoms with E-state index in [4.69, 9.17) is 10.5 Å². The van der Waals surface area contributed by atoms with Crippen LogP contribution in [0.25, 0.3) is 0 Å². The Morgan fingerprint density at radius 1 is 1.26 bits per heavy atom. The van der Waals surface area contributed by atoms with Gasteiger partial charge in [-0.1, -0.05) is 0 Å². The molecule has 7 nitrogen and oxygen atoms in total. The Labute approximate surface area is 137 Å². The molecule has 2 aromatic rings. The summed E-state index contributed by atoms with van der Waals surface area (Å²) in [4.78, 5) is 30.7. The molecule has 2 rings (SSSR count). The van der Waals surface area contributed by atoms with Crippen molar-refractivity contribution < 1.29 is 23.1 Å². The molecule has 1 amide bonds. The van der Waals surface area contributed by atoms with Gasteiger partial charge in [-0.15, -0.1) is 0 Å². The SMILES string of the molecule is Nc1nccnc1C(=O)OCC(=O)Nc1c(F)cc(F)cc1Br. The summed E-state index contributed by atoms with van der Waals surface area (Å²) < 4.78 is 31.2. The quantitative estimate of drug-likeness (QED) is 0.777. The Morgan fingerprint density at radius 3 is 2.61 bits per heavy atom. The van der Waals surface area contributed by atoms with Crippen molar-refractivity contribution in [2.75, 3.05) is 17.7 Å². The number of carbonyl (C=O) groups excluding carboxylic acids is 2. The molecule has 10 heteroatoms. The molecule has 0 aliphatic rings. The number of benzene rings is 1. The van der Waals surface area contributed by atoms with Gasteiger partial charge in [0.2, 0.25) is 0 Å². The number of nitrogen functional groups attached to an aromatic ring is 1. The molecular formula is C13H9BrF2N4O3. The lowest BCUT2D eigenvalue weighted by molar-refractivity contribution is -0.119. The van der Waals surface area contributed by atoms with Crippen LogP contribution in [0.4, 0.5) is 20.3 Å².